The highest BCUT2D eigenvalue weighted by atomic mass is 16.5. The largest absolute Gasteiger partial charge is 0.475 e. The molecule has 4 heteroatoms. The number of aromatic nitrogens is 2. The predicted octanol–water partition coefficient (Wildman–Crippen LogP) is 3.87. The van der Waals surface area contributed by atoms with E-state index in [-0.39, 0.29) is 0 Å². The number of likely N-dealkylation sites (tertiary alicyclic amines) is 1. The zero-order valence-corrected chi connectivity index (χ0v) is 14.8. The minimum Gasteiger partial charge on any atom is -0.475 e. The maximum Gasteiger partial charge on any atom is 0.240 e. The molecule has 3 aromatic rings. The smallest absolute Gasteiger partial charge is 0.240 e. The lowest BCUT2D eigenvalue weighted by molar-refractivity contribution is 0.232. The van der Waals surface area contributed by atoms with Gasteiger partial charge in [-0.05, 0) is 50.6 Å². The van der Waals surface area contributed by atoms with Gasteiger partial charge in [0.15, 0.2) is 0 Å². The van der Waals surface area contributed by atoms with Crippen molar-refractivity contribution in [2.45, 2.75) is 26.3 Å². The van der Waals surface area contributed by atoms with Gasteiger partial charge >= 0.3 is 0 Å². The van der Waals surface area contributed by atoms with E-state index in [9.17, 15) is 0 Å². The first-order chi connectivity index (χ1) is 12.3. The van der Waals surface area contributed by atoms with E-state index in [4.69, 9.17) is 9.84 Å². The average Bonchev–Trinajstić information content (AvgIpc) is 3.25. The Morgan fingerprint density at radius 1 is 1.04 bits per heavy atom. The number of hydrogen-bond acceptors (Lipinski definition) is 3. The summed E-state index contributed by atoms with van der Waals surface area (Å²) in [5.41, 5.74) is 3.61. The third-order valence-electron chi connectivity index (χ3n) is 4.89. The molecule has 0 saturated carbocycles. The van der Waals surface area contributed by atoms with Crippen molar-refractivity contribution in [2.24, 2.45) is 0 Å². The minimum atomic E-state index is 0.700. The van der Waals surface area contributed by atoms with Crippen molar-refractivity contribution in [3.63, 3.8) is 0 Å². The molecule has 0 unspecified atom stereocenters. The molecule has 1 fully saturated rings. The first-order valence-corrected chi connectivity index (χ1v) is 9.16. The Hall–Kier alpha value is -2.33. The van der Waals surface area contributed by atoms with Crippen LogP contribution in [0.3, 0.4) is 0 Å². The van der Waals surface area contributed by atoms with Gasteiger partial charge in [-0.25, -0.2) is 0 Å². The van der Waals surface area contributed by atoms with Crippen LogP contribution < -0.4 is 4.74 Å². The normalized spacial score (nSPS) is 15.1. The monoisotopic (exact) mass is 335 g/mol. The molecule has 130 valence electrons. The standard InChI is InChI=1S/C21H25N3O/c1-17-9-10-20-19(15-17)21(25-14-13-23-11-5-6-12-23)22-24(20)16-18-7-3-2-4-8-18/h2-4,7-10,15H,5-6,11-14,16H2,1H3. The minimum absolute atomic E-state index is 0.700. The van der Waals surface area contributed by atoms with Crippen LogP contribution in [-0.4, -0.2) is 40.9 Å². The fourth-order valence-corrected chi connectivity index (χ4v) is 3.52. The Morgan fingerprint density at radius 2 is 1.84 bits per heavy atom. The topological polar surface area (TPSA) is 30.3 Å². The van der Waals surface area contributed by atoms with Crippen LogP contribution in [0, 0.1) is 6.92 Å². The molecule has 1 aromatic heterocycles. The van der Waals surface area contributed by atoms with Gasteiger partial charge in [0.05, 0.1) is 17.4 Å². The van der Waals surface area contributed by atoms with Gasteiger partial charge in [0.25, 0.3) is 0 Å². The van der Waals surface area contributed by atoms with Crippen molar-refractivity contribution in [3.8, 4) is 5.88 Å². The number of rotatable bonds is 6. The van der Waals surface area contributed by atoms with Crippen molar-refractivity contribution in [1.29, 1.82) is 0 Å². The Labute approximate surface area is 149 Å². The first kappa shape index (κ1) is 16.2. The summed E-state index contributed by atoms with van der Waals surface area (Å²) in [5.74, 6) is 0.758. The van der Waals surface area contributed by atoms with Crippen molar-refractivity contribution >= 4 is 10.9 Å². The number of benzene rings is 2. The summed E-state index contributed by atoms with van der Waals surface area (Å²) in [6, 6.07) is 16.9. The number of fused-ring (bicyclic) bond motifs is 1. The summed E-state index contributed by atoms with van der Waals surface area (Å²) in [4.78, 5) is 2.47. The Morgan fingerprint density at radius 3 is 2.64 bits per heavy atom. The van der Waals surface area contributed by atoms with Gasteiger partial charge in [-0.15, -0.1) is 5.10 Å². The van der Waals surface area contributed by atoms with E-state index in [1.165, 1.54) is 37.1 Å². The molecular formula is C21H25N3O. The van der Waals surface area contributed by atoms with Crippen molar-refractivity contribution in [1.82, 2.24) is 14.7 Å². The third kappa shape index (κ3) is 3.69. The van der Waals surface area contributed by atoms with Gasteiger partial charge in [0.1, 0.15) is 6.61 Å². The van der Waals surface area contributed by atoms with Crippen LogP contribution in [-0.2, 0) is 6.54 Å². The number of ether oxygens (including phenoxy) is 1. The second kappa shape index (κ2) is 7.28. The molecule has 2 aromatic carbocycles. The van der Waals surface area contributed by atoms with E-state index in [1.807, 2.05) is 6.07 Å². The third-order valence-corrected chi connectivity index (χ3v) is 4.89. The molecule has 2 heterocycles. The number of aryl methyl sites for hydroxylation is 1. The molecular weight excluding hydrogens is 310 g/mol. The molecule has 4 nitrogen and oxygen atoms in total. The molecule has 0 aliphatic carbocycles. The second-order valence-electron chi connectivity index (χ2n) is 6.87. The van der Waals surface area contributed by atoms with E-state index in [0.29, 0.717) is 6.61 Å². The highest BCUT2D eigenvalue weighted by molar-refractivity contribution is 5.85. The Balaban J connectivity index is 1.56. The molecule has 0 spiro atoms. The van der Waals surface area contributed by atoms with Gasteiger partial charge in [-0.3, -0.25) is 9.58 Å². The fourth-order valence-electron chi connectivity index (χ4n) is 3.52. The van der Waals surface area contributed by atoms with E-state index in [1.54, 1.807) is 0 Å². The van der Waals surface area contributed by atoms with E-state index in [2.05, 4.69) is 59.0 Å². The summed E-state index contributed by atoms with van der Waals surface area (Å²) >= 11 is 0. The molecule has 4 rings (SSSR count). The molecule has 1 aliphatic rings. The molecule has 0 atom stereocenters. The lowest BCUT2D eigenvalue weighted by Crippen LogP contribution is -2.25. The maximum atomic E-state index is 6.08. The zero-order valence-electron chi connectivity index (χ0n) is 14.8. The summed E-state index contributed by atoms with van der Waals surface area (Å²) in [5, 5.41) is 5.87. The predicted molar refractivity (Wildman–Crippen MR) is 101 cm³/mol. The lowest BCUT2D eigenvalue weighted by Gasteiger charge is -2.14. The summed E-state index contributed by atoms with van der Waals surface area (Å²) < 4.78 is 8.13. The van der Waals surface area contributed by atoms with Crippen molar-refractivity contribution in [2.75, 3.05) is 26.2 Å². The molecule has 0 N–H and O–H groups in total. The van der Waals surface area contributed by atoms with E-state index in [0.717, 1.165) is 29.9 Å². The highest BCUT2D eigenvalue weighted by Crippen LogP contribution is 2.27. The van der Waals surface area contributed by atoms with Gasteiger partial charge in [0, 0.05) is 6.54 Å². The number of nitrogens with zero attached hydrogens (tertiary/aromatic N) is 3. The zero-order chi connectivity index (χ0) is 17.1. The molecule has 0 radical (unpaired) electrons. The first-order valence-electron chi connectivity index (χ1n) is 9.16. The van der Waals surface area contributed by atoms with E-state index >= 15 is 0 Å². The summed E-state index contributed by atoms with van der Waals surface area (Å²) in [7, 11) is 0. The molecule has 1 aliphatic heterocycles. The maximum absolute atomic E-state index is 6.08. The molecule has 0 amide bonds. The fraction of sp³-hybridized carbons (Fsp3) is 0.381. The van der Waals surface area contributed by atoms with Crippen LogP contribution in [0.5, 0.6) is 5.88 Å². The van der Waals surface area contributed by atoms with Crippen molar-refractivity contribution < 1.29 is 4.74 Å². The highest BCUT2D eigenvalue weighted by Gasteiger charge is 2.14. The van der Waals surface area contributed by atoms with Crippen LogP contribution in [0.1, 0.15) is 24.0 Å². The lowest BCUT2D eigenvalue weighted by atomic mass is 10.2. The van der Waals surface area contributed by atoms with Gasteiger partial charge in [-0.1, -0.05) is 42.0 Å². The van der Waals surface area contributed by atoms with Crippen molar-refractivity contribution in [3.05, 3.63) is 59.7 Å². The average molecular weight is 335 g/mol. The van der Waals surface area contributed by atoms with Crippen LogP contribution >= 0.6 is 0 Å². The van der Waals surface area contributed by atoms with Crippen LogP contribution in [0.25, 0.3) is 10.9 Å². The SMILES string of the molecule is Cc1ccc2c(c1)c(OCCN1CCCC1)nn2Cc1ccccc1. The van der Waals surface area contributed by atoms with Gasteiger partial charge in [0.2, 0.25) is 5.88 Å². The molecule has 0 bridgehead atoms. The Kier molecular flexibility index (Phi) is 4.70. The van der Waals surface area contributed by atoms with Crippen LogP contribution in [0.2, 0.25) is 0 Å². The Bertz CT molecular complexity index is 835. The molecule has 1 saturated heterocycles. The second-order valence-corrected chi connectivity index (χ2v) is 6.87. The summed E-state index contributed by atoms with van der Waals surface area (Å²) in [6.45, 7) is 6.96. The van der Waals surface area contributed by atoms with Crippen LogP contribution in [0.4, 0.5) is 0 Å². The van der Waals surface area contributed by atoms with Gasteiger partial charge in [-0.2, -0.15) is 0 Å². The number of hydrogen-bond donors (Lipinski definition) is 0. The van der Waals surface area contributed by atoms with E-state index < -0.39 is 0 Å². The quantitative estimate of drug-likeness (QED) is 0.685. The summed E-state index contributed by atoms with van der Waals surface area (Å²) in [6.07, 6.45) is 2.63. The van der Waals surface area contributed by atoms with Gasteiger partial charge < -0.3 is 4.74 Å². The molecule has 25 heavy (non-hydrogen) atoms. The van der Waals surface area contributed by atoms with Crippen LogP contribution in [0.15, 0.2) is 48.5 Å².